The summed E-state index contributed by atoms with van der Waals surface area (Å²) in [5, 5.41) is 6.54. The zero-order chi connectivity index (χ0) is 10.8. The van der Waals surface area contributed by atoms with Crippen molar-refractivity contribution in [1.29, 1.82) is 0 Å². The Balaban J connectivity index is 2.59. The Morgan fingerprint density at radius 2 is 2.36 bits per heavy atom. The first kappa shape index (κ1) is 11.2. The molecule has 1 amide bonds. The topological polar surface area (TPSA) is 49.0 Å². The number of carbonyl (C=O) groups is 1. The van der Waals surface area contributed by atoms with Gasteiger partial charge < -0.3 is 4.90 Å². The van der Waals surface area contributed by atoms with E-state index in [2.05, 4.69) is 26.1 Å². The van der Waals surface area contributed by atoms with Crippen LogP contribution in [0.25, 0.3) is 0 Å². The summed E-state index contributed by atoms with van der Waals surface area (Å²) in [5.74, 6) is 0.0544. The van der Waals surface area contributed by atoms with Crippen molar-refractivity contribution >= 4 is 21.8 Å². The molecule has 0 aliphatic heterocycles. The normalized spacial score (nSPS) is 11.4. The Bertz CT molecular complexity index is 302. The van der Waals surface area contributed by atoms with E-state index in [4.69, 9.17) is 0 Å². The molecule has 0 fully saturated rings. The molecule has 1 heterocycles. The first-order valence-electron chi connectivity index (χ1n) is 4.33. The van der Waals surface area contributed by atoms with Crippen LogP contribution in [0.5, 0.6) is 0 Å². The fraction of sp³-hybridized carbons (Fsp3) is 0.556. The van der Waals surface area contributed by atoms with Crippen molar-refractivity contribution in [3.63, 3.8) is 0 Å². The number of nitrogens with zero attached hydrogens (tertiary/aromatic N) is 2. The summed E-state index contributed by atoms with van der Waals surface area (Å²) in [6.07, 6.45) is 3.50. The number of H-pyrrole nitrogens is 1. The van der Waals surface area contributed by atoms with Gasteiger partial charge in [0.25, 0.3) is 0 Å². The molecule has 1 aromatic rings. The van der Waals surface area contributed by atoms with Crippen molar-refractivity contribution < 1.29 is 4.79 Å². The first-order valence-corrected chi connectivity index (χ1v) is 5.12. The molecular formula is C9H14BrN3O. The minimum atomic E-state index is -0.508. The van der Waals surface area contributed by atoms with Gasteiger partial charge in [0, 0.05) is 25.4 Å². The third kappa shape index (κ3) is 2.83. The highest BCUT2D eigenvalue weighted by molar-refractivity contribution is 9.10. The van der Waals surface area contributed by atoms with Crippen LogP contribution in [0.1, 0.15) is 19.4 Å². The van der Waals surface area contributed by atoms with Gasteiger partial charge in [0.05, 0.1) is 10.5 Å². The monoisotopic (exact) mass is 259 g/mol. The number of nitrogens with one attached hydrogen (secondary N) is 1. The average Bonchev–Trinajstić information content (AvgIpc) is 2.53. The van der Waals surface area contributed by atoms with Crippen LogP contribution in [-0.4, -0.2) is 32.4 Å². The summed E-state index contributed by atoms with van der Waals surface area (Å²) >= 11 is 3.33. The van der Waals surface area contributed by atoms with Crippen LogP contribution in [0.3, 0.4) is 0 Å². The molecule has 0 atom stereocenters. The van der Waals surface area contributed by atoms with Crippen LogP contribution in [0.2, 0.25) is 0 Å². The lowest BCUT2D eigenvalue weighted by molar-refractivity contribution is -0.131. The van der Waals surface area contributed by atoms with Crippen LogP contribution in [-0.2, 0) is 11.3 Å². The van der Waals surface area contributed by atoms with Gasteiger partial charge in [0.2, 0.25) is 5.91 Å². The number of hydrogen-bond donors (Lipinski definition) is 1. The highest BCUT2D eigenvalue weighted by atomic mass is 79.9. The second kappa shape index (κ2) is 4.13. The van der Waals surface area contributed by atoms with Crippen molar-refractivity contribution in [2.45, 2.75) is 24.7 Å². The molecule has 0 saturated carbocycles. The van der Waals surface area contributed by atoms with Crippen LogP contribution < -0.4 is 0 Å². The van der Waals surface area contributed by atoms with Gasteiger partial charge in [-0.3, -0.25) is 9.89 Å². The molecule has 14 heavy (non-hydrogen) atoms. The van der Waals surface area contributed by atoms with Crippen LogP contribution in [0.4, 0.5) is 0 Å². The summed E-state index contributed by atoms with van der Waals surface area (Å²) < 4.78 is -0.508. The highest BCUT2D eigenvalue weighted by Gasteiger charge is 2.26. The molecule has 0 bridgehead atoms. The summed E-state index contributed by atoms with van der Waals surface area (Å²) in [6.45, 7) is 4.24. The van der Waals surface area contributed by atoms with E-state index in [-0.39, 0.29) is 5.91 Å². The van der Waals surface area contributed by atoms with Crippen molar-refractivity contribution in [2.75, 3.05) is 7.05 Å². The largest absolute Gasteiger partial charge is 0.340 e. The lowest BCUT2D eigenvalue weighted by Gasteiger charge is -2.24. The Morgan fingerprint density at radius 3 is 2.79 bits per heavy atom. The number of halogens is 1. The van der Waals surface area contributed by atoms with Gasteiger partial charge in [-0.15, -0.1) is 0 Å². The minimum Gasteiger partial charge on any atom is -0.340 e. The number of carbonyl (C=O) groups excluding carboxylic acids is 1. The second-order valence-electron chi connectivity index (χ2n) is 3.74. The van der Waals surface area contributed by atoms with E-state index in [9.17, 15) is 4.79 Å². The van der Waals surface area contributed by atoms with Crippen LogP contribution in [0, 0.1) is 0 Å². The maximum atomic E-state index is 11.7. The summed E-state index contributed by atoms with van der Waals surface area (Å²) in [5.41, 5.74) is 0.998. The fourth-order valence-electron chi connectivity index (χ4n) is 1.16. The Kier molecular flexibility index (Phi) is 3.31. The number of hydrogen-bond acceptors (Lipinski definition) is 2. The van der Waals surface area contributed by atoms with E-state index < -0.39 is 4.32 Å². The number of rotatable bonds is 3. The van der Waals surface area contributed by atoms with Crippen molar-refractivity contribution in [3.05, 3.63) is 18.0 Å². The zero-order valence-electron chi connectivity index (χ0n) is 8.54. The molecule has 0 saturated heterocycles. The lowest BCUT2D eigenvalue weighted by atomic mass is 10.2. The maximum absolute atomic E-state index is 11.7. The molecule has 1 aromatic heterocycles. The van der Waals surface area contributed by atoms with Crippen LogP contribution in [0.15, 0.2) is 12.4 Å². The minimum absolute atomic E-state index is 0.0544. The Morgan fingerprint density at radius 1 is 1.71 bits per heavy atom. The molecule has 0 unspecified atom stereocenters. The van der Waals surface area contributed by atoms with Crippen molar-refractivity contribution in [1.82, 2.24) is 15.1 Å². The Hall–Kier alpha value is -0.840. The fourth-order valence-corrected chi connectivity index (χ4v) is 1.47. The molecule has 4 nitrogen and oxygen atoms in total. The highest BCUT2D eigenvalue weighted by Crippen LogP contribution is 2.19. The number of alkyl halides is 1. The smallest absolute Gasteiger partial charge is 0.238 e. The number of amides is 1. The summed E-state index contributed by atoms with van der Waals surface area (Å²) in [7, 11) is 1.78. The molecule has 0 aromatic carbocycles. The zero-order valence-corrected chi connectivity index (χ0v) is 10.1. The summed E-state index contributed by atoms with van der Waals surface area (Å²) in [4.78, 5) is 13.4. The predicted molar refractivity (Wildman–Crippen MR) is 58.1 cm³/mol. The molecular weight excluding hydrogens is 246 g/mol. The quantitative estimate of drug-likeness (QED) is 0.838. The Labute approximate surface area is 91.8 Å². The van der Waals surface area contributed by atoms with Gasteiger partial charge in [-0.1, -0.05) is 15.9 Å². The van der Waals surface area contributed by atoms with E-state index in [1.54, 1.807) is 24.3 Å². The first-order chi connectivity index (χ1) is 6.41. The molecule has 1 rings (SSSR count). The summed E-state index contributed by atoms with van der Waals surface area (Å²) in [6, 6.07) is 0. The SMILES string of the molecule is CN(Cc1cn[nH]c1)C(=O)C(C)(C)Br. The van der Waals surface area contributed by atoms with Gasteiger partial charge in [0.1, 0.15) is 0 Å². The van der Waals surface area contributed by atoms with E-state index in [1.807, 2.05) is 13.8 Å². The molecule has 78 valence electrons. The maximum Gasteiger partial charge on any atom is 0.238 e. The van der Waals surface area contributed by atoms with Crippen molar-refractivity contribution in [3.8, 4) is 0 Å². The third-order valence-electron chi connectivity index (χ3n) is 1.83. The second-order valence-corrected chi connectivity index (χ2v) is 5.72. The van der Waals surface area contributed by atoms with Gasteiger partial charge in [0.15, 0.2) is 0 Å². The van der Waals surface area contributed by atoms with Gasteiger partial charge in [-0.05, 0) is 13.8 Å². The number of aromatic amines is 1. The molecule has 5 heteroatoms. The molecule has 1 N–H and O–H groups in total. The lowest BCUT2D eigenvalue weighted by Crippen LogP contribution is -2.38. The van der Waals surface area contributed by atoms with Gasteiger partial charge >= 0.3 is 0 Å². The van der Waals surface area contributed by atoms with E-state index in [1.165, 1.54) is 0 Å². The standard InChI is InChI=1S/C9H14BrN3O/c1-9(2,10)8(14)13(3)6-7-4-11-12-5-7/h4-5H,6H2,1-3H3,(H,11,12). The van der Waals surface area contributed by atoms with Gasteiger partial charge in [-0.2, -0.15) is 5.10 Å². The van der Waals surface area contributed by atoms with Crippen LogP contribution >= 0.6 is 15.9 Å². The molecule has 0 aliphatic carbocycles. The molecule has 0 aliphatic rings. The number of aromatic nitrogens is 2. The van der Waals surface area contributed by atoms with E-state index in [0.29, 0.717) is 6.54 Å². The van der Waals surface area contributed by atoms with Gasteiger partial charge in [-0.25, -0.2) is 0 Å². The molecule has 0 radical (unpaired) electrons. The average molecular weight is 260 g/mol. The van der Waals surface area contributed by atoms with E-state index >= 15 is 0 Å². The van der Waals surface area contributed by atoms with Crippen molar-refractivity contribution in [2.24, 2.45) is 0 Å². The predicted octanol–water partition coefficient (Wildman–Crippen LogP) is 1.54. The third-order valence-corrected chi connectivity index (χ3v) is 2.17. The van der Waals surface area contributed by atoms with E-state index in [0.717, 1.165) is 5.56 Å². The molecule has 0 spiro atoms.